The van der Waals surface area contributed by atoms with Crippen molar-refractivity contribution in [1.29, 1.82) is 0 Å². The second-order valence-electron chi connectivity index (χ2n) is 3.74. The van der Waals surface area contributed by atoms with Crippen molar-refractivity contribution in [2.45, 2.75) is 32.7 Å². The highest BCUT2D eigenvalue weighted by Crippen LogP contribution is 1.96. The Hall–Kier alpha value is -0.130. The van der Waals surface area contributed by atoms with E-state index in [0.29, 0.717) is 12.6 Å². The minimum absolute atomic E-state index is 0.175. The second kappa shape index (κ2) is 6.37. The predicted octanol–water partition coefficient (Wildman–Crippen LogP) is 0.656. The average Bonchev–Trinajstić information content (AvgIpc) is 2.04. The SMILES string of the molecule is CCCC(C)NCCS(=O)(=O)N(C)C. The summed E-state index contributed by atoms with van der Waals surface area (Å²) in [5.41, 5.74) is 0. The molecule has 0 aromatic rings. The van der Waals surface area contributed by atoms with E-state index in [1.54, 1.807) is 14.1 Å². The number of nitrogens with one attached hydrogen (secondary N) is 1. The van der Waals surface area contributed by atoms with Gasteiger partial charge in [-0.05, 0) is 13.3 Å². The van der Waals surface area contributed by atoms with E-state index in [2.05, 4.69) is 19.2 Å². The Balaban J connectivity index is 3.74. The monoisotopic (exact) mass is 222 g/mol. The molecule has 0 bridgehead atoms. The quantitative estimate of drug-likeness (QED) is 0.688. The maximum Gasteiger partial charge on any atom is 0.214 e. The molecule has 0 rings (SSSR count). The third-order valence-corrected chi connectivity index (χ3v) is 3.96. The highest BCUT2D eigenvalue weighted by Gasteiger charge is 2.12. The summed E-state index contributed by atoms with van der Waals surface area (Å²) in [5, 5.41) is 3.19. The van der Waals surface area contributed by atoms with Gasteiger partial charge in [-0.3, -0.25) is 0 Å². The Bertz CT molecular complexity index is 237. The molecule has 4 nitrogen and oxygen atoms in total. The molecule has 1 atom stereocenters. The summed E-state index contributed by atoms with van der Waals surface area (Å²) in [7, 11) is 0.0827. The molecular formula is C9H22N2O2S. The lowest BCUT2D eigenvalue weighted by molar-refractivity contribution is 0.499. The first-order chi connectivity index (χ1) is 6.40. The summed E-state index contributed by atoms with van der Waals surface area (Å²) < 4.78 is 24.0. The Morgan fingerprint density at radius 3 is 2.36 bits per heavy atom. The van der Waals surface area contributed by atoms with Crippen molar-refractivity contribution >= 4 is 10.0 Å². The molecule has 0 aromatic heterocycles. The number of hydrogen-bond acceptors (Lipinski definition) is 3. The lowest BCUT2D eigenvalue weighted by Gasteiger charge is -2.14. The van der Waals surface area contributed by atoms with E-state index in [9.17, 15) is 8.42 Å². The fourth-order valence-electron chi connectivity index (χ4n) is 1.15. The van der Waals surface area contributed by atoms with Crippen molar-refractivity contribution in [2.75, 3.05) is 26.4 Å². The van der Waals surface area contributed by atoms with E-state index in [4.69, 9.17) is 0 Å². The summed E-state index contributed by atoms with van der Waals surface area (Å²) in [6, 6.07) is 0.400. The molecule has 5 heteroatoms. The topological polar surface area (TPSA) is 49.4 Å². The van der Waals surface area contributed by atoms with Crippen LogP contribution in [-0.4, -0.2) is 45.2 Å². The van der Waals surface area contributed by atoms with Crippen molar-refractivity contribution < 1.29 is 8.42 Å². The third-order valence-electron chi connectivity index (χ3n) is 2.13. The van der Waals surface area contributed by atoms with E-state index in [-0.39, 0.29) is 5.75 Å². The zero-order valence-corrected chi connectivity index (χ0v) is 10.4. The normalized spacial score (nSPS) is 14.6. The number of rotatable bonds is 7. The van der Waals surface area contributed by atoms with Crippen LogP contribution in [0, 0.1) is 0 Å². The van der Waals surface area contributed by atoms with Gasteiger partial charge >= 0.3 is 0 Å². The first-order valence-electron chi connectivity index (χ1n) is 5.03. The van der Waals surface area contributed by atoms with Gasteiger partial charge in [-0.2, -0.15) is 0 Å². The van der Waals surface area contributed by atoms with E-state index in [0.717, 1.165) is 12.8 Å². The van der Waals surface area contributed by atoms with Crippen molar-refractivity contribution in [2.24, 2.45) is 0 Å². The molecule has 14 heavy (non-hydrogen) atoms. The zero-order chi connectivity index (χ0) is 11.2. The largest absolute Gasteiger partial charge is 0.313 e. The molecule has 0 aliphatic heterocycles. The Labute approximate surface area is 87.7 Å². The number of sulfonamides is 1. The van der Waals surface area contributed by atoms with Gasteiger partial charge in [0, 0.05) is 26.7 Å². The van der Waals surface area contributed by atoms with Gasteiger partial charge in [-0.1, -0.05) is 13.3 Å². The second-order valence-corrected chi connectivity index (χ2v) is 6.04. The first-order valence-corrected chi connectivity index (χ1v) is 6.64. The van der Waals surface area contributed by atoms with Crippen LogP contribution in [0.5, 0.6) is 0 Å². The Morgan fingerprint density at radius 2 is 1.93 bits per heavy atom. The molecule has 0 aromatic carbocycles. The van der Waals surface area contributed by atoms with Crippen LogP contribution in [0.3, 0.4) is 0 Å². The third kappa shape index (κ3) is 5.57. The molecule has 0 aliphatic carbocycles. The first kappa shape index (κ1) is 13.9. The smallest absolute Gasteiger partial charge is 0.214 e. The molecule has 1 unspecified atom stereocenters. The van der Waals surface area contributed by atoms with Gasteiger partial charge in [0.05, 0.1) is 5.75 Å². The van der Waals surface area contributed by atoms with Crippen LogP contribution < -0.4 is 5.32 Å². The van der Waals surface area contributed by atoms with Crippen LogP contribution in [0.4, 0.5) is 0 Å². The van der Waals surface area contributed by atoms with Gasteiger partial charge in [-0.25, -0.2) is 12.7 Å². The number of nitrogens with zero attached hydrogens (tertiary/aromatic N) is 1. The maximum atomic E-state index is 11.4. The summed E-state index contributed by atoms with van der Waals surface area (Å²) in [4.78, 5) is 0. The predicted molar refractivity (Wildman–Crippen MR) is 59.8 cm³/mol. The minimum atomic E-state index is -3.04. The van der Waals surface area contributed by atoms with Gasteiger partial charge in [0.15, 0.2) is 0 Å². The molecule has 0 saturated carbocycles. The molecule has 0 radical (unpaired) electrons. The summed E-state index contributed by atoms with van der Waals surface area (Å²) in [6.45, 7) is 4.72. The maximum absolute atomic E-state index is 11.4. The fourth-order valence-corrected chi connectivity index (χ4v) is 1.89. The van der Waals surface area contributed by atoms with Crippen LogP contribution >= 0.6 is 0 Å². The minimum Gasteiger partial charge on any atom is -0.313 e. The van der Waals surface area contributed by atoms with Crippen LogP contribution in [-0.2, 0) is 10.0 Å². The fraction of sp³-hybridized carbons (Fsp3) is 1.00. The number of hydrogen-bond donors (Lipinski definition) is 1. The van der Waals surface area contributed by atoms with Gasteiger partial charge in [-0.15, -0.1) is 0 Å². The molecule has 0 aliphatic rings. The molecule has 0 fully saturated rings. The highest BCUT2D eigenvalue weighted by atomic mass is 32.2. The molecule has 0 heterocycles. The van der Waals surface area contributed by atoms with E-state index in [1.165, 1.54) is 4.31 Å². The summed E-state index contributed by atoms with van der Waals surface area (Å²) in [5.74, 6) is 0.175. The molecule has 0 saturated heterocycles. The van der Waals surface area contributed by atoms with Gasteiger partial charge in [0.2, 0.25) is 10.0 Å². The van der Waals surface area contributed by atoms with Gasteiger partial charge in [0.25, 0.3) is 0 Å². The Kier molecular flexibility index (Phi) is 6.31. The summed E-state index contributed by atoms with van der Waals surface area (Å²) in [6.07, 6.45) is 2.20. The van der Waals surface area contributed by atoms with E-state index < -0.39 is 10.0 Å². The summed E-state index contributed by atoms with van der Waals surface area (Å²) >= 11 is 0. The highest BCUT2D eigenvalue weighted by molar-refractivity contribution is 7.89. The van der Waals surface area contributed by atoms with Crippen LogP contribution in [0.15, 0.2) is 0 Å². The van der Waals surface area contributed by atoms with Crippen molar-refractivity contribution in [3.8, 4) is 0 Å². The molecule has 0 spiro atoms. The van der Waals surface area contributed by atoms with Crippen LogP contribution in [0.25, 0.3) is 0 Å². The van der Waals surface area contributed by atoms with Crippen molar-refractivity contribution in [3.05, 3.63) is 0 Å². The molecule has 86 valence electrons. The van der Waals surface area contributed by atoms with Crippen LogP contribution in [0.2, 0.25) is 0 Å². The molecule has 0 amide bonds. The average molecular weight is 222 g/mol. The van der Waals surface area contributed by atoms with Crippen molar-refractivity contribution in [1.82, 2.24) is 9.62 Å². The Morgan fingerprint density at radius 1 is 1.36 bits per heavy atom. The standard InChI is InChI=1S/C9H22N2O2S/c1-5-6-9(2)10-7-8-14(12,13)11(3)4/h9-10H,5-8H2,1-4H3. The van der Waals surface area contributed by atoms with Gasteiger partial charge < -0.3 is 5.32 Å². The molecular weight excluding hydrogens is 200 g/mol. The lowest BCUT2D eigenvalue weighted by atomic mass is 10.2. The lowest BCUT2D eigenvalue weighted by Crippen LogP contribution is -2.34. The van der Waals surface area contributed by atoms with Gasteiger partial charge in [0.1, 0.15) is 0 Å². The zero-order valence-electron chi connectivity index (χ0n) is 9.58. The molecule has 1 N–H and O–H groups in total. The van der Waals surface area contributed by atoms with E-state index >= 15 is 0 Å². The van der Waals surface area contributed by atoms with E-state index in [1.807, 2.05) is 0 Å². The van der Waals surface area contributed by atoms with Crippen molar-refractivity contribution in [3.63, 3.8) is 0 Å². The van der Waals surface area contributed by atoms with Crippen LogP contribution in [0.1, 0.15) is 26.7 Å².